The number of hydrogen-bond donors (Lipinski definition) is 2. The van der Waals surface area contributed by atoms with Crippen molar-refractivity contribution in [3.63, 3.8) is 0 Å². The number of hydrazone groups is 1. The summed E-state index contributed by atoms with van der Waals surface area (Å²) in [5, 5.41) is 6.59. The van der Waals surface area contributed by atoms with E-state index in [1.54, 1.807) is 38.3 Å². The minimum Gasteiger partial charge on any atom is -0.497 e. The summed E-state index contributed by atoms with van der Waals surface area (Å²) in [5.74, 6) is 0.644. The van der Waals surface area contributed by atoms with Crippen molar-refractivity contribution in [2.75, 3.05) is 13.7 Å². The number of hydrogen-bond acceptors (Lipinski definition) is 5. The second kappa shape index (κ2) is 11.5. The first-order valence-electron chi connectivity index (χ1n) is 9.54. The number of carbonyl (C=O) groups excluding carboxylic acids is 2. The van der Waals surface area contributed by atoms with Gasteiger partial charge in [-0.05, 0) is 55.3 Å². The van der Waals surface area contributed by atoms with Crippen LogP contribution in [0.15, 0.2) is 53.6 Å². The predicted molar refractivity (Wildman–Crippen MR) is 113 cm³/mol. The molecule has 0 aliphatic rings. The lowest BCUT2D eigenvalue weighted by Gasteiger charge is -2.12. The highest BCUT2D eigenvalue weighted by atomic mass is 16.5. The van der Waals surface area contributed by atoms with Gasteiger partial charge in [-0.2, -0.15) is 5.10 Å². The van der Waals surface area contributed by atoms with Crippen LogP contribution in [0, 0.1) is 0 Å². The molecule has 0 aromatic heterocycles. The summed E-state index contributed by atoms with van der Waals surface area (Å²) >= 11 is 0. The number of carbonyl (C=O) groups is 2. The van der Waals surface area contributed by atoms with E-state index in [0.29, 0.717) is 17.9 Å². The van der Waals surface area contributed by atoms with Crippen LogP contribution in [-0.4, -0.2) is 37.8 Å². The molecule has 0 bridgehead atoms. The first kappa shape index (κ1) is 21.9. The van der Waals surface area contributed by atoms with Gasteiger partial charge in [0, 0.05) is 5.56 Å². The number of nitrogens with zero attached hydrogens (tertiary/aromatic N) is 1. The molecular weight excluding hydrogens is 370 g/mol. The van der Waals surface area contributed by atoms with Crippen molar-refractivity contribution in [3.05, 3.63) is 59.7 Å². The van der Waals surface area contributed by atoms with Gasteiger partial charge < -0.3 is 14.8 Å². The summed E-state index contributed by atoms with van der Waals surface area (Å²) in [6.07, 6.45) is 3.59. The van der Waals surface area contributed by atoms with E-state index in [1.165, 1.54) is 6.21 Å². The summed E-state index contributed by atoms with van der Waals surface area (Å²) in [5.41, 5.74) is 3.67. The fraction of sp³-hybridized carbons (Fsp3) is 0.318. The summed E-state index contributed by atoms with van der Waals surface area (Å²) in [6, 6.07) is 13.3. The molecule has 0 saturated carbocycles. The Labute approximate surface area is 171 Å². The number of unbranched alkanes of at least 4 members (excludes halogenated alkanes) is 1. The Morgan fingerprint density at radius 3 is 2.59 bits per heavy atom. The third-order valence-corrected chi connectivity index (χ3v) is 4.11. The maximum atomic E-state index is 12.2. The monoisotopic (exact) mass is 397 g/mol. The Morgan fingerprint density at radius 2 is 1.90 bits per heavy atom. The Kier molecular flexibility index (Phi) is 8.69. The second-order valence-corrected chi connectivity index (χ2v) is 6.43. The molecule has 2 aromatic carbocycles. The van der Waals surface area contributed by atoms with Crippen LogP contribution in [0.2, 0.25) is 0 Å². The van der Waals surface area contributed by atoms with Gasteiger partial charge in [0.05, 0.1) is 19.9 Å². The van der Waals surface area contributed by atoms with E-state index in [4.69, 9.17) is 9.47 Å². The van der Waals surface area contributed by atoms with Crippen molar-refractivity contribution in [2.24, 2.45) is 5.10 Å². The van der Waals surface area contributed by atoms with Crippen molar-refractivity contribution in [2.45, 2.75) is 32.7 Å². The van der Waals surface area contributed by atoms with Gasteiger partial charge in [-0.1, -0.05) is 25.5 Å². The molecule has 7 heteroatoms. The molecule has 0 radical (unpaired) electrons. The topological polar surface area (TPSA) is 89.0 Å². The largest absolute Gasteiger partial charge is 0.497 e. The van der Waals surface area contributed by atoms with E-state index >= 15 is 0 Å². The maximum absolute atomic E-state index is 12.2. The number of ether oxygens (including phenoxy) is 2. The number of nitrogens with one attached hydrogen (secondary N) is 2. The third kappa shape index (κ3) is 7.29. The fourth-order valence-electron chi connectivity index (χ4n) is 2.37. The van der Waals surface area contributed by atoms with Crippen LogP contribution in [0.4, 0.5) is 0 Å². The van der Waals surface area contributed by atoms with Crippen LogP contribution in [-0.2, 0) is 4.79 Å². The molecule has 154 valence electrons. The molecule has 1 atom stereocenters. The van der Waals surface area contributed by atoms with Crippen molar-refractivity contribution < 1.29 is 19.1 Å². The predicted octanol–water partition coefficient (Wildman–Crippen LogP) is 3.14. The van der Waals surface area contributed by atoms with Crippen LogP contribution in [0.1, 0.15) is 42.6 Å². The number of benzene rings is 2. The standard InChI is InChI=1S/C22H27N3O4/c1-4-5-13-29-20-8-6-7-17(14-20)15-23-25-21(26)16(2)24-22(27)18-9-11-19(28-3)12-10-18/h6-12,14-16H,4-5,13H2,1-3H3,(H,24,27)(H,25,26). The van der Waals surface area contributed by atoms with E-state index in [9.17, 15) is 9.59 Å². The van der Waals surface area contributed by atoms with Crippen molar-refractivity contribution in [1.82, 2.24) is 10.7 Å². The Morgan fingerprint density at radius 1 is 1.14 bits per heavy atom. The van der Waals surface area contributed by atoms with Crippen LogP contribution < -0.4 is 20.2 Å². The third-order valence-electron chi connectivity index (χ3n) is 4.11. The number of rotatable bonds is 10. The van der Waals surface area contributed by atoms with E-state index in [0.717, 1.165) is 24.2 Å². The molecule has 0 aliphatic heterocycles. The molecule has 0 aliphatic carbocycles. The lowest BCUT2D eigenvalue weighted by molar-refractivity contribution is -0.122. The van der Waals surface area contributed by atoms with Gasteiger partial charge >= 0.3 is 0 Å². The summed E-state index contributed by atoms with van der Waals surface area (Å²) < 4.78 is 10.7. The van der Waals surface area contributed by atoms with Crippen LogP contribution in [0.5, 0.6) is 11.5 Å². The lowest BCUT2D eigenvalue weighted by atomic mass is 10.2. The average Bonchev–Trinajstić information content (AvgIpc) is 2.74. The van der Waals surface area contributed by atoms with Gasteiger partial charge in [-0.15, -0.1) is 0 Å². The first-order valence-corrected chi connectivity index (χ1v) is 9.54. The van der Waals surface area contributed by atoms with Gasteiger partial charge in [0.25, 0.3) is 11.8 Å². The van der Waals surface area contributed by atoms with Crippen molar-refractivity contribution in [3.8, 4) is 11.5 Å². The molecule has 2 rings (SSSR count). The molecule has 7 nitrogen and oxygen atoms in total. The van der Waals surface area contributed by atoms with Gasteiger partial charge in [0.15, 0.2) is 0 Å². The summed E-state index contributed by atoms with van der Waals surface area (Å²) in [6.45, 7) is 4.36. The molecule has 2 N–H and O–H groups in total. The number of methoxy groups -OCH3 is 1. The maximum Gasteiger partial charge on any atom is 0.262 e. The van der Waals surface area contributed by atoms with E-state index in [2.05, 4.69) is 22.8 Å². The van der Waals surface area contributed by atoms with Crippen LogP contribution in [0.25, 0.3) is 0 Å². The Hall–Kier alpha value is -3.35. The zero-order chi connectivity index (χ0) is 21.1. The smallest absolute Gasteiger partial charge is 0.262 e. The molecule has 2 aromatic rings. The highest BCUT2D eigenvalue weighted by Crippen LogP contribution is 2.13. The second-order valence-electron chi connectivity index (χ2n) is 6.43. The zero-order valence-electron chi connectivity index (χ0n) is 17.0. The Bertz CT molecular complexity index is 834. The molecule has 2 amide bonds. The molecule has 0 spiro atoms. The number of amides is 2. The summed E-state index contributed by atoms with van der Waals surface area (Å²) in [7, 11) is 1.55. The van der Waals surface area contributed by atoms with E-state index in [1.807, 2.05) is 24.3 Å². The Balaban J connectivity index is 1.84. The molecule has 0 saturated heterocycles. The minimum atomic E-state index is -0.745. The van der Waals surface area contributed by atoms with Crippen molar-refractivity contribution >= 4 is 18.0 Å². The highest BCUT2D eigenvalue weighted by Gasteiger charge is 2.16. The molecule has 0 fully saturated rings. The molecule has 0 heterocycles. The molecule has 1 unspecified atom stereocenters. The van der Waals surface area contributed by atoms with Gasteiger partial charge in [0.1, 0.15) is 17.5 Å². The van der Waals surface area contributed by atoms with Crippen LogP contribution in [0.3, 0.4) is 0 Å². The van der Waals surface area contributed by atoms with Gasteiger partial charge in [-0.25, -0.2) is 5.43 Å². The fourth-order valence-corrected chi connectivity index (χ4v) is 2.37. The highest BCUT2D eigenvalue weighted by molar-refractivity contribution is 5.97. The normalized spacial score (nSPS) is 11.7. The summed E-state index contributed by atoms with van der Waals surface area (Å²) in [4.78, 5) is 24.4. The molecule has 29 heavy (non-hydrogen) atoms. The molecular formula is C22H27N3O4. The van der Waals surface area contributed by atoms with E-state index < -0.39 is 11.9 Å². The quantitative estimate of drug-likeness (QED) is 0.366. The SMILES string of the molecule is CCCCOc1cccc(C=NNC(=O)C(C)NC(=O)c2ccc(OC)cc2)c1. The van der Waals surface area contributed by atoms with Gasteiger partial charge in [-0.3, -0.25) is 9.59 Å². The lowest BCUT2D eigenvalue weighted by Crippen LogP contribution is -2.43. The van der Waals surface area contributed by atoms with Gasteiger partial charge in [0.2, 0.25) is 0 Å². The average molecular weight is 397 g/mol. The van der Waals surface area contributed by atoms with E-state index in [-0.39, 0.29) is 5.91 Å². The zero-order valence-corrected chi connectivity index (χ0v) is 17.0. The van der Waals surface area contributed by atoms with Crippen molar-refractivity contribution in [1.29, 1.82) is 0 Å². The van der Waals surface area contributed by atoms with Crippen LogP contribution >= 0.6 is 0 Å². The first-order chi connectivity index (χ1) is 14.0. The minimum absolute atomic E-state index is 0.351.